The van der Waals surface area contributed by atoms with E-state index in [2.05, 4.69) is 5.32 Å². The highest BCUT2D eigenvalue weighted by atomic mass is 16.6. The Labute approximate surface area is 149 Å². The SMILES string of the molecule is O=C(Nc1ccc2c(c1)OCCO2)N1CCC[C@H]1CC1CCCCC1. The molecule has 5 heteroatoms. The number of rotatable bonds is 3. The molecule has 3 aliphatic rings. The molecule has 0 unspecified atom stereocenters. The third-order valence-corrected chi connectivity index (χ3v) is 5.76. The van der Waals surface area contributed by atoms with Gasteiger partial charge in [0.05, 0.1) is 0 Å². The van der Waals surface area contributed by atoms with Crippen molar-refractivity contribution in [1.82, 2.24) is 4.90 Å². The van der Waals surface area contributed by atoms with Gasteiger partial charge in [0.1, 0.15) is 13.2 Å². The Morgan fingerprint density at radius 2 is 1.84 bits per heavy atom. The first-order valence-corrected chi connectivity index (χ1v) is 9.77. The van der Waals surface area contributed by atoms with Crippen LogP contribution in [0.25, 0.3) is 0 Å². The van der Waals surface area contributed by atoms with E-state index in [1.54, 1.807) is 0 Å². The largest absolute Gasteiger partial charge is 0.486 e. The zero-order chi connectivity index (χ0) is 17.1. The minimum atomic E-state index is 0.0231. The van der Waals surface area contributed by atoms with Crippen LogP contribution in [-0.4, -0.2) is 36.7 Å². The molecule has 136 valence electrons. The summed E-state index contributed by atoms with van der Waals surface area (Å²) in [5.41, 5.74) is 0.776. The fraction of sp³-hybridized carbons (Fsp3) is 0.650. The number of nitrogens with zero attached hydrogens (tertiary/aromatic N) is 1. The second-order valence-corrected chi connectivity index (χ2v) is 7.52. The Balaban J connectivity index is 1.37. The van der Waals surface area contributed by atoms with Crippen molar-refractivity contribution in [2.75, 3.05) is 25.1 Å². The molecule has 2 aliphatic heterocycles. The third-order valence-electron chi connectivity index (χ3n) is 5.76. The van der Waals surface area contributed by atoms with Crippen molar-refractivity contribution < 1.29 is 14.3 Å². The molecule has 5 nitrogen and oxygen atoms in total. The van der Waals surface area contributed by atoms with E-state index < -0.39 is 0 Å². The Morgan fingerprint density at radius 3 is 2.68 bits per heavy atom. The van der Waals surface area contributed by atoms with Gasteiger partial charge in [0.15, 0.2) is 11.5 Å². The molecule has 1 aromatic carbocycles. The van der Waals surface area contributed by atoms with Crippen molar-refractivity contribution in [3.05, 3.63) is 18.2 Å². The van der Waals surface area contributed by atoms with E-state index in [0.717, 1.165) is 36.7 Å². The summed E-state index contributed by atoms with van der Waals surface area (Å²) in [6, 6.07) is 6.04. The summed E-state index contributed by atoms with van der Waals surface area (Å²) in [5, 5.41) is 3.05. The number of nitrogens with one attached hydrogen (secondary N) is 1. The summed E-state index contributed by atoms with van der Waals surface area (Å²) in [6.07, 6.45) is 10.2. The van der Waals surface area contributed by atoms with Crippen LogP contribution in [-0.2, 0) is 0 Å². The van der Waals surface area contributed by atoms with Crippen LogP contribution in [0.2, 0.25) is 0 Å². The van der Waals surface area contributed by atoms with Gasteiger partial charge in [0, 0.05) is 24.3 Å². The molecule has 1 N–H and O–H groups in total. The monoisotopic (exact) mass is 344 g/mol. The highest BCUT2D eigenvalue weighted by Crippen LogP contribution is 2.34. The summed E-state index contributed by atoms with van der Waals surface area (Å²) in [6.45, 7) is 2.00. The predicted molar refractivity (Wildman–Crippen MR) is 97.4 cm³/mol. The molecule has 2 heterocycles. The molecule has 1 saturated heterocycles. The van der Waals surface area contributed by atoms with Crippen molar-refractivity contribution in [2.45, 2.75) is 57.4 Å². The van der Waals surface area contributed by atoms with Crippen LogP contribution in [0.5, 0.6) is 11.5 Å². The lowest BCUT2D eigenvalue weighted by Gasteiger charge is -2.30. The van der Waals surface area contributed by atoms with E-state index in [1.807, 2.05) is 23.1 Å². The van der Waals surface area contributed by atoms with Crippen LogP contribution in [0.4, 0.5) is 10.5 Å². The van der Waals surface area contributed by atoms with E-state index in [1.165, 1.54) is 38.5 Å². The van der Waals surface area contributed by atoms with Gasteiger partial charge in [0.25, 0.3) is 0 Å². The average Bonchev–Trinajstić information content (AvgIpc) is 3.11. The zero-order valence-electron chi connectivity index (χ0n) is 14.8. The Bertz CT molecular complexity index is 613. The Morgan fingerprint density at radius 1 is 1.04 bits per heavy atom. The maximum Gasteiger partial charge on any atom is 0.322 e. The predicted octanol–water partition coefficient (Wildman–Crippen LogP) is 4.42. The minimum Gasteiger partial charge on any atom is -0.486 e. The second-order valence-electron chi connectivity index (χ2n) is 7.52. The van der Waals surface area contributed by atoms with Crippen molar-refractivity contribution in [3.63, 3.8) is 0 Å². The lowest BCUT2D eigenvalue weighted by atomic mass is 9.84. The van der Waals surface area contributed by atoms with Gasteiger partial charge in [-0.2, -0.15) is 0 Å². The molecule has 4 rings (SSSR count). The number of hydrogen-bond acceptors (Lipinski definition) is 3. The number of likely N-dealkylation sites (tertiary alicyclic amines) is 1. The van der Waals surface area contributed by atoms with Crippen molar-refractivity contribution in [2.24, 2.45) is 5.92 Å². The summed E-state index contributed by atoms with van der Waals surface area (Å²) in [5.74, 6) is 2.27. The lowest BCUT2D eigenvalue weighted by molar-refractivity contribution is 0.171. The Hall–Kier alpha value is -1.91. The first-order chi connectivity index (χ1) is 12.3. The number of benzene rings is 1. The average molecular weight is 344 g/mol. The normalized spacial score (nSPS) is 23.5. The van der Waals surface area contributed by atoms with Gasteiger partial charge in [-0.25, -0.2) is 4.79 Å². The molecule has 25 heavy (non-hydrogen) atoms. The number of hydrogen-bond donors (Lipinski definition) is 1. The quantitative estimate of drug-likeness (QED) is 0.883. The zero-order valence-corrected chi connectivity index (χ0v) is 14.8. The van der Waals surface area contributed by atoms with Gasteiger partial charge in [-0.15, -0.1) is 0 Å². The molecular weight excluding hydrogens is 316 g/mol. The lowest BCUT2D eigenvalue weighted by Crippen LogP contribution is -2.39. The van der Waals surface area contributed by atoms with E-state index in [9.17, 15) is 4.79 Å². The van der Waals surface area contributed by atoms with Crippen LogP contribution < -0.4 is 14.8 Å². The molecule has 0 bridgehead atoms. The van der Waals surface area contributed by atoms with Gasteiger partial charge in [-0.05, 0) is 37.3 Å². The number of carbonyl (C=O) groups excluding carboxylic acids is 1. The van der Waals surface area contributed by atoms with E-state index >= 15 is 0 Å². The molecule has 2 amide bonds. The number of ether oxygens (including phenoxy) is 2. The maximum absolute atomic E-state index is 12.8. The molecule has 0 radical (unpaired) electrons. The van der Waals surface area contributed by atoms with Gasteiger partial charge in [-0.3, -0.25) is 0 Å². The van der Waals surface area contributed by atoms with E-state index in [-0.39, 0.29) is 6.03 Å². The molecule has 2 fully saturated rings. The third kappa shape index (κ3) is 3.86. The number of urea groups is 1. The summed E-state index contributed by atoms with van der Waals surface area (Å²) < 4.78 is 11.1. The molecule has 1 aliphatic carbocycles. The molecule has 1 atom stereocenters. The highest BCUT2D eigenvalue weighted by Gasteiger charge is 2.31. The van der Waals surface area contributed by atoms with E-state index in [4.69, 9.17) is 9.47 Å². The topological polar surface area (TPSA) is 50.8 Å². The van der Waals surface area contributed by atoms with Crippen molar-refractivity contribution in [1.29, 1.82) is 0 Å². The number of carbonyl (C=O) groups is 1. The van der Waals surface area contributed by atoms with Crippen molar-refractivity contribution in [3.8, 4) is 11.5 Å². The summed E-state index contributed by atoms with van der Waals surface area (Å²) >= 11 is 0. The maximum atomic E-state index is 12.8. The second kappa shape index (κ2) is 7.54. The smallest absolute Gasteiger partial charge is 0.322 e. The number of fused-ring (bicyclic) bond motifs is 1. The van der Waals surface area contributed by atoms with Crippen LogP contribution >= 0.6 is 0 Å². The van der Waals surface area contributed by atoms with Gasteiger partial charge >= 0.3 is 6.03 Å². The fourth-order valence-electron chi connectivity index (χ4n) is 4.47. The van der Waals surface area contributed by atoms with Crippen LogP contribution in [0.1, 0.15) is 51.4 Å². The summed E-state index contributed by atoms with van der Waals surface area (Å²) in [4.78, 5) is 14.8. The standard InChI is InChI=1S/C20H28N2O3/c23-20(21-16-8-9-18-19(14-16)25-12-11-24-18)22-10-4-7-17(22)13-15-5-2-1-3-6-15/h8-9,14-15,17H,1-7,10-13H2,(H,21,23)/t17-/m0/s1. The number of amides is 2. The first-order valence-electron chi connectivity index (χ1n) is 9.77. The van der Waals surface area contributed by atoms with Crippen molar-refractivity contribution >= 4 is 11.7 Å². The Kier molecular flexibility index (Phi) is 4.99. The van der Waals surface area contributed by atoms with E-state index in [0.29, 0.717) is 25.0 Å². The molecule has 1 aromatic rings. The van der Waals surface area contributed by atoms with Crippen LogP contribution in [0, 0.1) is 5.92 Å². The van der Waals surface area contributed by atoms with Gasteiger partial charge < -0.3 is 19.7 Å². The molecule has 0 aromatic heterocycles. The highest BCUT2D eigenvalue weighted by molar-refractivity contribution is 5.90. The minimum absolute atomic E-state index is 0.0231. The first kappa shape index (κ1) is 16.6. The van der Waals surface area contributed by atoms with Crippen LogP contribution in [0.15, 0.2) is 18.2 Å². The number of anilines is 1. The molecular formula is C20H28N2O3. The molecule has 1 saturated carbocycles. The van der Waals surface area contributed by atoms with Gasteiger partial charge in [0.2, 0.25) is 0 Å². The van der Waals surface area contributed by atoms with Gasteiger partial charge in [-0.1, -0.05) is 32.1 Å². The molecule has 0 spiro atoms. The summed E-state index contributed by atoms with van der Waals surface area (Å²) in [7, 11) is 0. The fourth-order valence-corrected chi connectivity index (χ4v) is 4.47. The van der Waals surface area contributed by atoms with Crippen LogP contribution in [0.3, 0.4) is 0 Å².